The molecule has 1 aliphatic heterocycles. The predicted octanol–water partition coefficient (Wildman–Crippen LogP) is 6.29. The molecular weight excluding hydrogens is 510 g/mol. The summed E-state index contributed by atoms with van der Waals surface area (Å²) in [5.41, 5.74) is 5.81. The number of rotatable bonds is 9. The van der Waals surface area contributed by atoms with Crippen molar-refractivity contribution in [3.05, 3.63) is 71.8 Å². The first kappa shape index (κ1) is 27.9. The zero-order valence-corrected chi connectivity index (χ0v) is 24.8. The van der Waals surface area contributed by atoms with E-state index in [4.69, 9.17) is 14.7 Å². The maximum Gasteiger partial charge on any atom is 0.242 e. The van der Waals surface area contributed by atoms with E-state index in [-0.39, 0.29) is 24.2 Å². The summed E-state index contributed by atoms with van der Waals surface area (Å²) >= 11 is 0. The number of aryl methyl sites for hydroxylation is 1. The molecule has 0 spiro atoms. The van der Waals surface area contributed by atoms with Gasteiger partial charge in [0.15, 0.2) is 0 Å². The van der Waals surface area contributed by atoms with E-state index in [2.05, 4.69) is 58.9 Å². The van der Waals surface area contributed by atoms with Crippen LogP contribution in [-0.2, 0) is 29.0 Å². The molecule has 1 saturated heterocycles. The highest BCUT2D eigenvalue weighted by Crippen LogP contribution is 2.36. The fraction of sp³-hybridized carbons (Fsp3) is 0.500. The number of benzene rings is 1. The molecule has 1 amide bonds. The van der Waals surface area contributed by atoms with E-state index in [0.29, 0.717) is 19.6 Å². The summed E-state index contributed by atoms with van der Waals surface area (Å²) in [7, 11) is 0. The number of hydrogen-bond acceptors (Lipinski definition) is 5. The lowest BCUT2D eigenvalue weighted by Crippen LogP contribution is -2.49. The SMILES string of the molecule is CCCCCN(Cc1nccc2c3ccccc3n(CC(=O)N3C[C@@H](C)O[C@@H](C)C3)c12)[C@H]1CCCc2cccnc21. The van der Waals surface area contributed by atoms with Gasteiger partial charge >= 0.3 is 0 Å². The molecule has 0 bridgehead atoms. The smallest absolute Gasteiger partial charge is 0.242 e. The minimum atomic E-state index is 0.0433. The number of hydrogen-bond donors (Lipinski definition) is 0. The highest BCUT2D eigenvalue weighted by molar-refractivity contribution is 6.09. The van der Waals surface area contributed by atoms with E-state index in [0.717, 1.165) is 54.5 Å². The van der Waals surface area contributed by atoms with Crippen molar-refractivity contribution in [2.75, 3.05) is 19.6 Å². The molecule has 3 atom stereocenters. The van der Waals surface area contributed by atoms with Crippen molar-refractivity contribution in [3.63, 3.8) is 0 Å². The molecule has 1 aliphatic carbocycles. The first-order valence-electron chi connectivity index (χ1n) is 15.5. The number of carbonyl (C=O) groups is 1. The maximum absolute atomic E-state index is 13.7. The Hall–Kier alpha value is -3.29. The molecule has 6 rings (SSSR count). The topological polar surface area (TPSA) is 63.5 Å². The lowest BCUT2D eigenvalue weighted by Gasteiger charge is -2.36. The van der Waals surface area contributed by atoms with Crippen LogP contribution in [0.4, 0.5) is 0 Å². The second-order valence-electron chi connectivity index (χ2n) is 11.9. The van der Waals surface area contributed by atoms with Crippen LogP contribution in [-0.4, -0.2) is 62.1 Å². The lowest BCUT2D eigenvalue weighted by atomic mass is 9.90. The minimum absolute atomic E-state index is 0.0433. The van der Waals surface area contributed by atoms with E-state index in [1.165, 1.54) is 35.9 Å². The number of amides is 1. The second kappa shape index (κ2) is 12.3. The average Bonchev–Trinajstić information content (AvgIpc) is 3.30. The Balaban J connectivity index is 1.39. The number of aromatic nitrogens is 3. The highest BCUT2D eigenvalue weighted by Gasteiger charge is 2.30. The summed E-state index contributed by atoms with van der Waals surface area (Å²) in [6.07, 6.45) is 10.9. The molecule has 3 aromatic heterocycles. The van der Waals surface area contributed by atoms with Gasteiger partial charge in [-0.3, -0.25) is 19.7 Å². The number of unbranched alkanes of at least 4 members (excludes halogenated alkanes) is 2. The average molecular weight is 554 g/mol. The molecule has 7 heteroatoms. The molecule has 7 nitrogen and oxygen atoms in total. The summed E-state index contributed by atoms with van der Waals surface area (Å²) in [5.74, 6) is 0.134. The molecule has 0 saturated carbocycles. The summed E-state index contributed by atoms with van der Waals surface area (Å²) in [5, 5.41) is 2.34. The Kier molecular flexibility index (Phi) is 8.35. The summed E-state index contributed by atoms with van der Waals surface area (Å²) in [4.78, 5) is 28.2. The molecule has 0 N–H and O–H groups in total. The van der Waals surface area contributed by atoms with Crippen molar-refractivity contribution in [2.24, 2.45) is 0 Å². The molecule has 1 fully saturated rings. The molecule has 2 aliphatic rings. The number of nitrogens with zero attached hydrogens (tertiary/aromatic N) is 5. The van der Waals surface area contributed by atoms with Gasteiger partial charge in [0.2, 0.25) is 5.91 Å². The number of pyridine rings is 2. The van der Waals surface area contributed by atoms with E-state index in [1.807, 2.05) is 31.1 Å². The van der Waals surface area contributed by atoms with Crippen molar-refractivity contribution in [3.8, 4) is 0 Å². The molecular formula is C34H43N5O2. The number of fused-ring (bicyclic) bond motifs is 4. The fourth-order valence-electron chi connectivity index (χ4n) is 7.01. The highest BCUT2D eigenvalue weighted by atomic mass is 16.5. The van der Waals surface area contributed by atoms with Gasteiger partial charge in [0.1, 0.15) is 6.54 Å². The van der Waals surface area contributed by atoms with Gasteiger partial charge in [0.25, 0.3) is 0 Å². The molecule has 0 unspecified atom stereocenters. The quantitative estimate of drug-likeness (QED) is 0.228. The standard InChI is InChI=1S/C34H43N5O2/c1-4-5-8-19-37(31-15-9-11-26-12-10-17-36-33(26)31)22-29-34-28(16-18-35-29)27-13-6-7-14-30(27)39(34)23-32(40)38-20-24(2)41-25(3)21-38/h6-7,10,12-14,16-18,24-25,31H,4-5,8-9,11,15,19-23H2,1-3H3/t24-,25+,31-/m0/s1. The van der Waals surface area contributed by atoms with Crippen molar-refractivity contribution in [2.45, 2.75) is 90.6 Å². The predicted molar refractivity (Wildman–Crippen MR) is 164 cm³/mol. The number of para-hydroxylation sites is 1. The second-order valence-corrected chi connectivity index (χ2v) is 11.9. The zero-order valence-electron chi connectivity index (χ0n) is 24.8. The van der Waals surface area contributed by atoms with Crippen molar-refractivity contribution >= 4 is 27.7 Å². The van der Waals surface area contributed by atoms with Gasteiger partial charge in [-0.25, -0.2) is 0 Å². The minimum Gasteiger partial charge on any atom is -0.372 e. The van der Waals surface area contributed by atoms with Crippen LogP contribution in [0.15, 0.2) is 54.9 Å². The fourth-order valence-corrected chi connectivity index (χ4v) is 7.01. The van der Waals surface area contributed by atoms with Crippen LogP contribution >= 0.6 is 0 Å². The molecule has 0 radical (unpaired) electrons. The Morgan fingerprint density at radius 3 is 2.66 bits per heavy atom. The molecule has 41 heavy (non-hydrogen) atoms. The molecule has 4 aromatic rings. The summed E-state index contributed by atoms with van der Waals surface area (Å²) in [6, 6.07) is 15.2. The Bertz CT molecular complexity index is 1500. The molecule has 216 valence electrons. The number of carbonyl (C=O) groups excluding carboxylic acids is 1. The summed E-state index contributed by atoms with van der Waals surface area (Å²) in [6.45, 7) is 9.65. The van der Waals surface area contributed by atoms with Crippen LogP contribution in [0, 0.1) is 0 Å². The normalized spacial score (nSPS) is 21.1. The zero-order chi connectivity index (χ0) is 28.3. The van der Waals surface area contributed by atoms with Crippen LogP contribution in [0.5, 0.6) is 0 Å². The van der Waals surface area contributed by atoms with Gasteiger partial charge in [-0.15, -0.1) is 0 Å². The molecule has 4 heterocycles. The first-order chi connectivity index (χ1) is 20.0. The van der Waals surface area contributed by atoms with Gasteiger partial charge in [-0.2, -0.15) is 0 Å². The van der Waals surface area contributed by atoms with E-state index < -0.39 is 0 Å². The number of morpholine rings is 1. The van der Waals surface area contributed by atoms with E-state index in [9.17, 15) is 4.79 Å². The van der Waals surface area contributed by atoms with Crippen LogP contribution in [0.25, 0.3) is 21.8 Å². The van der Waals surface area contributed by atoms with Crippen molar-refractivity contribution in [1.29, 1.82) is 0 Å². The van der Waals surface area contributed by atoms with Crippen LogP contribution in [0.3, 0.4) is 0 Å². The Morgan fingerprint density at radius 2 is 1.83 bits per heavy atom. The monoisotopic (exact) mass is 553 g/mol. The van der Waals surface area contributed by atoms with Gasteiger partial charge in [0.05, 0.1) is 35.2 Å². The van der Waals surface area contributed by atoms with Crippen molar-refractivity contribution < 1.29 is 9.53 Å². The number of ether oxygens (including phenoxy) is 1. The Morgan fingerprint density at radius 1 is 1.00 bits per heavy atom. The van der Waals surface area contributed by atoms with Gasteiger partial charge in [-0.1, -0.05) is 44.0 Å². The molecule has 1 aromatic carbocycles. The third kappa shape index (κ3) is 5.75. The third-order valence-electron chi connectivity index (χ3n) is 8.83. The lowest BCUT2D eigenvalue weighted by molar-refractivity contribution is -0.143. The van der Waals surface area contributed by atoms with Crippen LogP contribution in [0.1, 0.15) is 75.9 Å². The largest absolute Gasteiger partial charge is 0.372 e. The van der Waals surface area contributed by atoms with Crippen LogP contribution in [0.2, 0.25) is 0 Å². The van der Waals surface area contributed by atoms with Crippen LogP contribution < -0.4 is 0 Å². The Labute approximate surface area is 243 Å². The van der Waals surface area contributed by atoms with Gasteiger partial charge in [-0.05, 0) is 69.8 Å². The van der Waals surface area contributed by atoms with Gasteiger partial charge < -0.3 is 14.2 Å². The van der Waals surface area contributed by atoms with E-state index >= 15 is 0 Å². The summed E-state index contributed by atoms with van der Waals surface area (Å²) < 4.78 is 8.13. The van der Waals surface area contributed by atoms with E-state index in [1.54, 1.807) is 0 Å². The maximum atomic E-state index is 13.7. The van der Waals surface area contributed by atoms with Gasteiger partial charge in [0, 0.05) is 48.3 Å². The first-order valence-corrected chi connectivity index (χ1v) is 15.5. The third-order valence-corrected chi connectivity index (χ3v) is 8.83. The van der Waals surface area contributed by atoms with Crippen molar-refractivity contribution in [1.82, 2.24) is 24.3 Å².